The summed E-state index contributed by atoms with van der Waals surface area (Å²) >= 11 is 6.36. The number of nitrogens with zero attached hydrogens (tertiary/aromatic N) is 3. The van der Waals surface area contributed by atoms with Crippen LogP contribution in [0, 0.1) is 32.8 Å². The molecule has 0 amide bonds. The number of hydrogen-bond donors (Lipinski definition) is 0. The fourth-order valence-electron chi connectivity index (χ4n) is 1.72. The van der Waals surface area contributed by atoms with E-state index in [4.69, 9.17) is 20.0 Å². The zero-order valence-corrected chi connectivity index (χ0v) is 16.3. The number of nitro benzene ring substituents is 1. The molecule has 0 spiro atoms. The Bertz CT molecular complexity index is 873. The Morgan fingerprint density at radius 1 is 1.00 bits per heavy atom. The molecule has 0 N–H and O–H groups in total. The summed E-state index contributed by atoms with van der Waals surface area (Å²) < 4.78 is 11.0. The Kier molecular flexibility index (Phi) is 7.86. The fraction of sp³-hybridized carbons (Fsp3) is 0.125. The smallest absolute Gasteiger partial charge is 0.313 e. The van der Waals surface area contributed by atoms with Gasteiger partial charge in [-0.25, -0.2) is 0 Å². The van der Waals surface area contributed by atoms with Crippen LogP contribution in [0.5, 0.6) is 11.5 Å². The largest absolute Gasteiger partial charge is 0.496 e. The van der Waals surface area contributed by atoms with E-state index in [0.29, 0.717) is 10.0 Å². The van der Waals surface area contributed by atoms with Crippen LogP contribution in [0.2, 0.25) is 0 Å². The van der Waals surface area contributed by atoms with Crippen molar-refractivity contribution in [3.05, 3.63) is 60.5 Å². The molecule has 0 aliphatic rings. The highest BCUT2D eigenvalue weighted by atomic mass is 79.9. The maximum absolute atomic E-state index is 10.6. The number of benzene rings is 2. The SMILES string of the molecule is COc1c(Br)cc(C#N)cc1[N+](=O)[O-].COc1ccc(C#N)cc1Br. The Labute approximate surface area is 160 Å². The average Bonchev–Trinajstić information content (AvgIpc) is 2.61. The average molecular weight is 469 g/mol. The Morgan fingerprint density at radius 3 is 2.04 bits per heavy atom. The molecule has 2 aromatic carbocycles. The zero-order chi connectivity index (χ0) is 19.0. The van der Waals surface area contributed by atoms with Crippen molar-refractivity contribution in [1.82, 2.24) is 0 Å². The van der Waals surface area contributed by atoms with E-state index < -0.39 is 4.92 Å². The maximum atomic E-state index is 10.6. The van der Waals surface area contributed by atoms with Crippen molar-refractivity contribution >= 4 is 37.5 Å². The zero-order valence-electron chi connectivity index (χ0n) is 13.1. The first-order valence-corrected chi connectivity index (χ1v) is 8.12. The van der Waals surface area contributed by atoms with Crippen molar-refractivity contribution in [3.8, 4) is 23.6 Å². The number of methoxy groups -OCH3 is 2. The second kappa shape index (κ2) is 9.62. The standard InChI is InChI=1S/C8H5BrN2O3.C8H6BrNO/c1-14-8-6(9)2-5(4-10)3-7(8)11(12)13;1-11-8-3-2-6(5-10)4-7(8)9/h2-3H,1H3;2-4H,1H3. The number of ether oxygens (including phenoxy) is 2. The van der Waals surface area contributed by atoms with E-state index in [0.717, 1.165) is 10.2 Å². The lowest BCUT2D eigenvalue weighted by Crippen LogP contribution is -1.95. The molecule has 0 fully saturated rings. The van der Waals surface area contributed by atoms with Crippen LogP contribution in [0.1, 0.15) is 11.1 Å². The Morgan fingerprint density at radius 2 is 1.60 bits per heavy atom. The highest BCUT2D eigenvalue weighted by molar-refractivity contribution is 9.10. The predicted molar refractivity (Wildman–Crippen MR) is 97.5 cm³/mol. The van der Waals surface area contributed by atoms with E-state index in [1.54, 1.807) is 25.3 Å². The molecule has 2 aromatic rings. The number of hydrogen-bond acceptors (Lipinski definition) is 6. The summed E-state index contributed by atoms with van der Waals surface area (Å²) in [4.78, 5) is 10.0. The van der Waals surface area contributed by atoms with Crippen LogP contribution in [0.4, 0.5) is 5.69 Å². The highest BCUT2D eigenvalue weighted by Crippen LogP contribution is 2.35. The summed E-state index contributed by atoms with van der Waals surface area (Å²) in [5, 5.41) is 27.7. The molecule has 0 saturated heterocycles. The van der Waals surface area contributed by atoms with Crippen LogP contribution in [0.15, 0.2) is 39.3 Å². The van der Waals surface area contributed by atoms with Gasteiger partial charge in [0.1, 0.15) is 5.75 Å². The van der Waals surface area contributed by atoms with Gasteiger partial charge in [-0.1, -0.05) is 0 Å². The van der Waals surface area contributed by atoms with Crippen LogP contribution in [-0.4, -0.2) is 19.1 Å². The maximum Gasteiger partial charge on any atom is 0.313 e. The predicted octanol–water partition coefficient (Wildman–Crippen LogP) is 4.57. The fourth-order valence-corrected chi connectivity index (χ4v) is 2.87. The molecular formula is C16H11Br2N3O4. The van der Waals surface area contributed by atoms with E-state index >= 15 is 0 Å². The Hall–Kier alpha value is -2.62. The minimum Gasteiger partial charge on any atom is -0.496 e. The Balaban J connectivity index is 0.000000257. The molecule has 0 aliphatic heterocycles. The van der Waals surface area contributed by atoms with Crippen molar-refractivity contribution in [2.45, 2.75) is 0 Å². The molecule has 9 heteroatoms. The van der Waals surface area contributed by atoms with Crippen molar-refractivity contribution in [2.75, 3.05) is 14.2 Å². The van der Waals surface area contributed by atoms with Gasteiger partial charge in [-0.2, -0.15) is 10.5 Å². The van der Waals surface area contributed by atoms with Gasteiger partial charge < -0.3 is 9.47 Å². The number of nitro groups is 1. The van der Waals surface area contributed by atoms with E-state index in [1.165, 1.54) is 19.2 Å². The van der Waals surface area contributed by atoms with Gasteiger partial charge >= 0.3 is 5.69 Å². The van der Waals surface area contributed by atoms with Gasteiger partial charge in [-0.05, 0) is 56.1 Å². The summed E-state index contributed by atoms with van der Waals surface area (Å²) in [6.45, 7) is 0. The molecule has 7 nitrogen and oxygen atoms in total. The summed E-state index contributed by atoms with van der Waals surface area (Å²) in [5.41, 5.74) is 0.612. The van der Waals surface area contributed by atoms with Gasteiger partial charge in [0.15, 0.2) is 0 Å². The first-order valence-electron chi connectivity index (χ1n) is 6.53. The van der Waals surface area contributed by atoms with Crippen LogP contribution >= 0.6 is 31.9 Å². The topological polar surface area (TPSA) is 109 Å². The molecule has 0 aliphatic carbocycles. The molecule has 2 rings (SSSR count). The summed E-state index contributed by atoms with van der Waals surface area (Å²) in [5.74, 6) is 0.859. The molecule has 0 bridgehead atoms. The lowest BCUT2D eigenvalue weighted by molar-refractivity contribution is -0.385. The minimum atomic E-state index is -0.593. The first kappa shape index (κ1) is 20.4. The third-order valence-electron chi connectivity index (χ3n) is 2.83. The minimum absolute atomic E-state index is 0.119. The highest BCUT2D eigenvalue weighted by Gasteiger charge is 2.19. The second-order valence-electron chi connectivity index (χ2n) is 4.34. The first-order chi connectivity index (χ1) is 11.9. The van der Waals surface area contributed by atoms with Gasteiger partial charge in [0.25, 0.3) is 0 Å². The molecule has 0 aromatic heterocycles. The van der Waals surface area contributed by atoms with E-state index in [9.17, 15) is 10.1 Å². The molecule has 0 heterocycles. The third kappa shape index (κ3) is 5.45. The van der Waals surface area contributed by atoms with E-state index in [1.807, 2.05) is 12.1 Å². The summed E-state index contributed by atoms with van der Waals surface area (Å²) in [6, 6.07) is 11.7. The van der Waals surface area contributed by atoms with E-state index in [2.05, 4.69) is 31.9 Å². The molecule has 0 saturated carbocycles. The number of rotatable bonds is 3. The molecular weight excluding hydrogens is 458 g/mol. The summed E-state index contributed by atoms with van der Waals surface area (Å²) in [7, 11) is 2.92. The third-order valence-corrected chi connectivity index (χ3v) is 4.04. The molecule has 128 valence electrons. The second-order valence-corrected chi connectivity index (χ2v) is 6.05. The van der Waals surface area contributed by atoms with Gasteiger partial charge in [0.2, 0.25) is 5.75 Å². The molecule has 25 heavy (non-hydrogen) atoms. The number of halogens is 2. The van der Waals surface area contributed by atoms with Gasteiger partial charge in [0.05, 0.1) is 51.4 Å². The van der Waals surface area contributed by atoms with Crippen LogP contribution < -0.4 is 9.47 Å². The van der Waals surface area contributed by atoms with Gasteiger partial charge in [-0.15, -0.1) is 0 Å². The molecule has 0 radical (unpaired) electrons. The van der Waals surface area contributed by atoms with Crippen molar-refractivity contribution in [2.24, 2.45) is 0 Å². The van der Waals surface area contributed by atoms with Crippen LogP contribution in [0.25, 0.3) is 0 Å². The normalized spacial score (nSPS) is 9.04. The van der Waals surface area contributed by atoms with Gasteiger partial charge in [0, 0.05) is 6.07 Å². The number of nitriles is 2. The lowest BCUT2D eigenvalue weighted by atomic mass is 10.2. The van der Waals surface area contributed by atoms with Gasteiger partial charge in [-0.3, -0.25) is 10.1 Å². The van der Waals surface area contributed by atoms with Crippen LogP contribution in [-0.2, 0) is 0 Å². The van der Waals surface area contributed by atoms with Crippen LogP contribution in [0.3, 0.4) is 0 Å². The quantitative estimate of drug-likeness (QED) is 0.482. The van der Waals surface area contributed by atoms with Crippen molar-refractivity contribution in [3.63, 3.8) is 0 Å². The summed E-state index contributed by atoms with van der Waals surface area (Å²) in [6.07, 6.45) is 0. The molecule has 0 unspecified atom stereocenters. The van der Waals surface area contributed by atoms with E-state index in [-0.39, 0.29) is 17.0 Å². The molecule has 0 atom stereocenters. The van der Waals surface area contributed by atoms with Crippen molar-refractivity contribution in [1.29, 1.82) is 10.5 Å². The lowest BCUT2D eigenvalue weighted by Gasteiger charge is -2.03. The monoisotopic (exact) mass is 467 g/mol. The van der Waals surface area contributed by atoms with Crippen molar-refractivity contribution < 1.29 is 14.4 Å².